The highest BCUT2D eigenvalue weighted by Gasteiger charge is 2.43. The number of carboxylic acid groups (broad SMARTS) is 1. The molecule has 128 valence electrons. The lowest BCUT2D eigenvalue weighted by molar-refractivity contribution is -0.160. The second kappa shape index (κ2) is 6.73. The van der Waals surface area contributed by atoms with E-state index in [4.69, 9.17) is 4.74 Å². The molecule has 1 aromatic carbocycles. The summed E-state index contributed by atoms with van der Waals surface area (Å²) in [6.45, 7) is 5.41. The molecule has 0 saturated carbocycles. The minimum atomic E-state index is -1.13. The Morgan fingerprint density at radius 1 is 1.42 bits per heavy atom. The van der Waals surface area contributed by atoms with Crippen LogP contribution in [-0.4, -0.2) is 38.3 Å². The fourth-order valence-corrected chi connectivity index (χ4v) is 3.26. The number of ether oxygens (including phenoxy) is 1. The zero-order valence-corrected chi connectivity index (χ0v) is 14.2. The standard InChI is InChI=1S/C18H23N3O3/c1-13-4-5-15(14(2)10-13)6-8-21-12-16(19-20-21)11-18(17(22)23)7-3-9-24-18/h4-5,10,12H,3,6-9,11H2,1-2H3,(H,22,23). The highest BCUT2D eigenvalue weighted by atomic mass is 16.5. The van der Waals surface area contributed by atoms with Gasteiger partial charge in [-0.05, 0) is 44.2 Å². The Morgan fingerprint density at radius 3 is 2.92 bits per heavy atom. The summed E-state index contributed by atoms with van der Waals surface area (Å²) in [5.74, 6) is -0.912. The normalized spacial score (nSPS) is 20.4. The average Bonchev–Trinajstić information content (AvgIpc) is 3.17. The molecule has 2 aromatic rings. The van der Waals surface area contributed by atoms with E-state index in [1.54, 1.807) is 4.68 Å². The van der Waals surface area contributed by atoms with Crippen LogP contribution in [0.4, 0.5) is 0 Å². The van der Waals surface area contributed by atoms with Crippen molar-refractivity contribution in [2.45, 2.75) is 51.7 Å². The zero-order chi connectivity index (χ0) is 17.2. The van der Waals surface area contributed by atoms with Gasteiger partial charge in [-0.3, -0.25) is 4.68 Å². The highest BCUT2D eigenvalue weighted by molar-refractivity contribution is 5.78. The molecule has 1 aliphatic heterocycles. The van der Waals surface area contributed by atoms with Crippen molar-refractivity contribution in [2.75, 3.05) is 6.61 Å². The number of hydrogen-bond acceptors (Lipinski definition) is 4. The van der Waals surface area contributed by atoms with E-state index in [-0.39, 0.29) is 6.42 Å². The molecule has 1 aliphatic rings. The Hall–Kier alpha value is -2.21. The summed E-state index contributed by atoms with van der Waals surface area (Å²) < 4.78 is 7.27. The summed E-state index contributed by atoms with van der Waals surface area (Å²) in [5, 5.41) is 17.7. The molecule has 0 radical (unpaired) electrons. The molecule has 1 aromatic heterocycles. The molecule has 6 nitrogen and oxygen atoms in total. The second-order valence-electron chi connectivity index (χ2n) is 6.58. The third-order valence-electron chi connectivity index (χ3n) is 4.65. The number of rotatable bonds is 6. The molecular weight excluding hydrogens is 306 g/mol. The van der Waals surface area contributed by atoms with Gasteiger partial charge in [0.05, 0.1) is 5.69 Å². The molecule has 6 heteroatoms. The van der Waals surface area contributed by atoms with Gasteiger partial charge >= 0.3 is 5.97 Å². The van der Waals surface area contributed by atoms with Gasteiger partial charge in [-0.2, -0.15) is 0 Å². The van der Waals surface area contributed by atoms with Crippen molar-refractivity contribution >= 4 is 5.97 Å². The minimum absolute atomic E-state index is 0.270. The van der Waals surface area contributed by atoms with Gasteiger partial charge in [0.2, 0.25) is 0 Å². The number of carboxylic acids is 1. The van der Waals surface area contributed by atoms with Crippen molar-refractivity contribution in [3.8, 4) is 0 Å². The first-order valence-corrected chi connectivity index (χ1v) is 8.31. The van der Waals surface area contributed by atoms with Crippen LogP contribution in [-0.2, 0) is 28.9 Å². The third-order valence-corrected chi connectivity index (χ3v) is 4.65. The molecule has 0 spiro atoms. The van der Waals surface area contributed by atoms with Gasteiger partial charge in [-0.15, -0.1) is 5.10 Å². The molecule has 1 saturated heterocycles. The van der Waals surface area contributed by atoms with Gasteiger partial charge < -0.3 is 9.84 Å². The Morgan fingerprint density at radius 2 is 2.25 bits per heavy atom. The fourth-order valence-electron chi connectivity index (χ4n) is 3.26. The number of nitrogens with zero attached hydrogens (tertiary/aromatic N) is 3. The van der Waals surface area contributed by atoms with Crippen LogP contribution >= 0.6 is 0 Å². The summed E-state index contributed by atoms with van der Waals surface area (Å²) >= 11 is 0. The monoisotopic (exact) mass is 329 g/mol. The second-order valence-corrected chi connectivity index (χ2v) is 6.58. The van der Waals surface area contributed by atoms with E-state index < -0.39 is 11.6 Å². The lowest BCUT2D eigenvalue weighted by Crippen LogP contribution is -2.40. The molecule has 0 amide bonds. The average molecular weight is 329 g/mol. The smallest absolute Gasteiger partial charge is 0.336 e. The van der Waals surface area contributed by atoms with Crippen molar-refractivity contribution in [2.24, 2.45) is 0 Å². The van der Waals surface area contributed by atoms with E-state index in [2.05, 4.69) is 42.4 Å². The molecule has 3 rings (SSSR count). The largest absolute Gasteiger partial charge is 0.479 e. The summed E-state index contributed by atoms with van der Waals surface area (Å²) in [4.78, 5) is 11.5. The first kappa shape index (κ1) is 16.6. The van der Waals surface area contributed by atoms with E-state index >= 15 is 0 Å². The molecular formula is C18H23N3O3. The molecule has 1 unspecified atom stereocenters. The van der Waals surface area contributed by atoms with E-state index in [1.807, 2.05) is 6.20 Å². The molecule has 24 heavy (non-hydrogen) atoms. The van der Waals surface area contributed by atoms with Gasteiger partial charge in [0.15, 0.2) is 5.60 Å². The number of aliphatic carboxylic acids is 1. The van der Waals surface area contributed by atoms with Crippen molar-refractivity contribution < 1.29 is 14.6 Å². The molecule has 2 heterocycles. The van der Waals surface area contributed by atoms with Crippen LogP contribution in [0.25, 0.3) is 0 Å². The number of aryl methyl sites for hydroxylation is 4. The first-order valence-electron chi connectivity index (χ1n) is 8.31. The van der Waals surface area contributed by atoms with Gasteiger partial charge in [0.25, 0.3) is 0 Å². The zero-order valence-electron chi connectivity index (χ0n) is 14.2. The maximum atomic E-state index is 11.5. The lowest BCUT2D eigenvalue weighted by Gasteiger charge is -2.21. The summed E-state index contributed by atoms with van der Waals surface area (Å²) in [5.41, 5.74) is 3.36. The Balaban J connectivity index is 1.64. The lowest BCUT2D eigenvalue weighted by atomic mass is 9.95. The number of benzene rings is 1. The van der Waals surface area contributed by atoms with Crippen LogP contribution in [0.1, 0.15) is 35.2 Å². The Labute approximate surface area is 141 Å². The quantitative estimate of drug-likeness (QED) is 0.880. The summed E-state index contributed by atoms with van der Waals surface area (Å²) in [7, 11) is 0. The van der Waals surface area contributed by atoms with E-state index in [0.717, 1.165) is 19.4 Å². The molecule has 1 N–H and O–H groups in total. The van der Waals surface area contributed by atoms with Gasteiger partial charge in [0, 0.05) is 25.8 Å². The van der Waals surface area contributed by atoms with Crippen molar-refractivity contribution in [1.29, 1.82) is 0 Å². The predicted octanol–water partition coefficient (Wildman–Crippen LogP) is 2.31. The van der Waals surface area contributed by atoms with Crippen molar-refractivity contribution in [3.05, 3.63) is 46.8 Å². The molecule has 1 fully saturated rings. The van der Waals surface area contributed by atoms with Crippen LogP contribution in [0.15, 0.2) is 24.4 Å². The number of carbonyl (C=O) groups is 1. The third kappa shape index (κ3) is 3.48. The van der Waals surface area contributed by atoms with Crippen LogP contribution in [0, 0.1) is 13.8 Å². The van der Waals surface area contributed by atoms with Crippen molar-refractivity contribution in [1.82, 2.24) is 15.0 Å². The Bertz CT molecular complexity index is 733. The first-order chi connectivity index (χ1) is 11.5. The minimum Gasteiger partial charge on any atom is -0.479 e. The SMILES string of the molecule is Cc1ccc(CCn2cc(CC3(C(=O)O)CCCO3)nn2)c(C)c1. The van der Waals surface area contributed by atoms with Gasteiger partial charge in [-0.25, -0.2) is 4.79 Å². The van der Waals surface area contributed by atoms with Gasteiger partial charge in [-0.1, -0.05) is 29.0 Å². The van der Waals surface area contributed by atoms with E-state index in [9.17, 15) is 9.90 Å². The van der Waals surface area contributed by atoms with E-state index in [0.29, 0.717) is 18.7 Å². The summed E-state index contributed by atoms with van der Waals surface area (Å²) in [6, 6.07) is 6.44. The number of hydrogen-bond donors (Lipinski definition) is 1. The van der Waals surface area contributed by atoms with Crippen LogP contribution < -0.4 is 0 Å². The maximum absolute atomic E-state index is 11.5. The maximum Gasteiger partial charge on any atom is 0.336 e. The number of aromatic nitrogens is 3. The van der Waals surface area contributed by atoms with Crippen molar-refractivity contribution in [3.63, 3.8) is 0 Å². The van der Waals surface area contributed by atoms with Gasteiger partial charge in [0.1, 0.15) is 0 Å². The van der Waals surface area contributed by atoms with Crippen LogP contribution in [0.2, 0.25) is 0 Å². The highest BCUT2D eigenvalue weighted by Crippen LogP contribution is 2.29. The van der Waals surface area contributed by atoms with Crippen LogP contribution in [0.5, 0.6) is 0 Å². The Kier molecular flexibility index (Phi) is 4.66. The molecule has 0 bridgehead atoms. The predicted molar refractivity (Wildman–Crippen MR) is 88.9 cm³/mol. The van der Waals surface area contributed by atoms with Crippen LogP contribution in [0.3, 0.4) is 0 Å². The molecule has 0 aliphatic carbocycles. The fraction of sp³-hybridized carbons (Fsp3) is 0.500. The van der Waals surface area contributed by atoms with E-state index in [1.165, 1.54) is 16.7 Å². The summed E-state index contributed by atoms with van der Waals surface area (Å²) in [6.07, 6.45) is 4.27. The topological polar surface area (TPSA) is 77.2 Å². The molecule has 1 atom stereocenters.